The van der Waals surface area contributed by atoms with Crippen LogP contribution in [0.3, 0.4) is 0 Å². The van der Waals surface area contributed by atoms with Crippen molar-refractivity contribution in [2.75, 3.05) is 33.3 Å². The standard InChI is InChI=1S/C17H28N2O/c1-4-19-9-7-14(8-10-19)16(12-18)15-11-13(2)5-6-17(15)20-3/h5-6,11,14,16H,4,7-10,12,18H2,1-3H3. The Hall–Kier alpha value is -1.06. The molecular weight excluding hydrogens is 248 g/mol. The number of rotatable bonds is 5. The van der Waals surface area contributed by atoms with Gasteiger partial charge in [0, 0.05) is 5.92 Å². The Morgan fingerprint density at radius 1 is 1.35 bits per heavy atom. The molecule has 112 valence electrons. The van der Waals surface area contributed by atoms with Crippen LogP contribution in [0.5, 0.6) is 5.75 Å². The molecule has 1 heterocycles. The summed E-state index contributed by atoms with van der Waals surface area (Å²) in [5, 5.41) is 0. The molecule has 1 aliphatic rings. The first-order valence-electron chi connectivity index (χ1n) is 7.76. The summed E-state index contributed by atoms with van der Waals surface area (Å²) in [5.74, 6) is 2.09. The summed E-state index contributed by atoms with van der Waals surface area (Å²) in [6, 6.07) is 6.44. The van der Waals surface area contributed by atoms with E-state index in [4.69, 9.17) is 10.5 Å². The summed E-state index contributed by atoms with van der Waals surface area (Å²) in [6.07, 6.45) is 2.49. The summed E-state index contributed by atoms with van der Waals surface area (Å²) >= 11 is 0. The molecule has 0 saturated carbocycles. The van der Waals surface area contributed by atoms with Crippen LogP contribution >= 0.6 is 0 Å². The van der Waals surface area contributed by atoms with Crippen LogP contribution in [0.25, 0.3) is 0 Å². The highest BCUT2D eigenvalue weighted by Gasteiger charge is 2.28. The third kappa shape index (κ3) is 3.33. The van der Waals surface area contributed by atoms with Crippen LogP contribution in [0.1, 0.15) is 36.8 Å². The number of hydrogen-bond acceptors (Lipinski definition) is 3. The van der Waals surface area contributed by atoms with E-state index in [-0.39, 0.29) is 0 Å². The first-order chi connectivity index (χ1) is 9.69. The molecule has 20 heavy (non-hydrogen) atoms. The average molecular weight is 276 g/mol. The van der Waals surface area contributed by atoms with Gasteiger partial charge in [0.15, 0.2) is 0 Å². The number of benzene rings is 1. The molecule has 2 N–H and O–H groups in total. The number of methoxy groups -OCH3 is 1. The van der Waals surface area contributed by atoms with E-state index in [1.54, 1.807) is 7.11 Å². The maximum atomic E-state index is 6.11. The molecule has 1 unspecified atom stereocenters. The molecule has 0 aromatic heterocycles. The van der Waals surface area contributed by atoms with Crippen LogP contribution in [0.4, 0.5) is 0 Å². The Kier molecular flexibility index (Phi) is 5.44. The van der Waals surface area contributed by atoms with Gasteiger partial charge < -0.3 is 15.4 Å². The predicted molar refractivity (Wildman–Crippen MR) is 84.4 cm³/mol. The van der Waals surface area contributed by atoms with E-state index in [2.05, 4.69) is 36.9 Å². The van der Waals surface area contributed by atoms with Gasteiger partial charge in [0.05, 0.1) is 7.11 Å². The van der Waals surface area contributed by atoms with Crippen LogP contribution in [0.2, 0.25) is 0 Å². The van der Waals surface area contributed by atoms with E-state index in [0.29, 0.717) is 18.4 Å². The van der Waals surface area contributed by atoms with Gasteiger partial charge in [0.2, 0.25) is 0 Å². The van der Waals surface area contributed by atoms with Gasteiger partial charge in [-0.1, -0.05) is 24.6 Å². The molecule has 0 spiro atoms. The Bertz CT molecular complexity index is 425. The molecule has 3 nitrogen and oxygen atoms in total. The molecule has 1 saturated heterocycles. The van der Waals surface area contributed by atoms with Crippen molar-refractivity contribution in [2.24, 2.45) is 11.7 Å². The van der Waals surface area contributed by atoms with Crippen molar-refractivity contribution in [2.45, 2.75) is 32.6 Å². The molecule has 2 rings (SSSR count). The van der Waals surface area contributed by atoms with Crippen molar-refractivity contribution in [3.8, 4) is 5.75 Å². The number of ether oxygens (including phenoxy) is 1. The van der Waals surface area contributed by atoms with Crippen molar-refractivity contribution >= 4 is 0 Å². The fourth-order valence-corrected chi connectivity index (χ4v) is 3.39. The molecule has 1 aromatic rings. The fraction of sp³-hybridized carbons (Fsp3) is 0.647. The highest BCUT2D eigenvalue weighted by molar-refractivity contribution is 5.40. The topological polar surface area (TPSA) is 38.5 Å². The van der Waals surface area contributed by atoms with Crippen LogP contribution < -0.4 is 10.5 Å². The molecule has 0 aliphatic carbocycles. The van der Waals surface area contributed by atoms with Crippen molar-refractivity contribution in [1.29, 1.82) is 0 Å². The van der Waals surface area contributed by atoms with Crippen molar-refractivity contribution in [1.82, 2.24) is 4.90 Å². The Labute approximate surface area is 123 Å². The minimum absolute atomic E-state index is 0.420. The van der Waals surface area contributed by atoms with Gasteiger partial charge in [-0.25, -0.2) is 0 Å². The van der Waals surface area contributed by atoms with E-state index in [0.717, 1.165) is 12.3 Å². The molecule has 0 bridgehead atoms. The lowest BCUT2D eigenvalue weighted by atomic mass is 9.79. The Morgan fingerprint density at radius 2 is 2.05 bits per heavy atom. The lowest BCUT2D eigenvalue weighted by molar-refractivity contribution is 0.175. The molecule has 3 heteroatoms. The minimum atomic E-state index is 0.420. The number of nitrogens with two attached hydrogens (primary N) is 1. The van der Waals surface area contributed by atoms with Crippen LogP contribution in [0.15, 0.2) is 18.2 Å². The van der Waals surface area contributed by atoms with Crippen molar-refractivity contribution < 1.29 is 4.74 Å². The minimum Gasteiger partial charge on any atom is -0.496 e. The molecule has 1 aromatic carbocycles. The van der Waals surface area contributed by atoms with Crippen LogP contribution in [0, 0.1) is 12.8 Å². The summed E-state index contributed by atoms with van der Waals surface area (Å²) in [7, 11) is 1.75. The van der Waals surface area contributed by atoms with Gasteiger partial charge >= 0.3 is 0 Å². The maximum absolute atomic E-state index is 6.11. The Balaban J connectivity index is 2.18. The Morgan fingerprint density at radius 3 is 2.60 bits per heavy atom. The number of hydrogen-bond donors (Lipinski definition) is 1. The normalized spacial score (nSPS) is 19.0. The summed E-state index contributed by atoms with van der Waals surface area (Å²) < 4.78 is 5.55. The lowest BCUT2D eigenvalue weighted by Crippen LogP contribution is -2.37. The van der Waals surface area contributed by atoms with E-state index < -0.39 is 0 Å². The van der Waals surface area contributed by atoms with Gasteiger partial charge in [0.1, 0.15) is 5.75 Å². The van der Waals surface area contributed by atoms with Crippen molar-refractivity contribution in [3.63, 3.8) is 0 Å². The van der Waals surface area contributed by atoms with E-state index >= 15 is 0 Å². The first-order valence-corrected chi connectivity index (χ1v) is 7.76. The summed E-state index contributed by atoms with van der Waals surface area (Å²) in [5.41, 5.74) is 8.69. The zero-order valence-corrected chi connectivity index (χ0v) is 13.1. The van der Waals surface area contributed by atoms with Gasteiger partial charge in [0.25, 0.3) is 0 Å². The lowest BCUT2D eigenvalue weighted by Gasteiger charge is -2.36. The highest BCUT2D eigenvalue weighted by atomic mass is 16.5. The maximum Gasteiger partial charge on any atom is 0.122 e. The first kappa shape index (κ1) is 15.3. The molecule has 0 radical (unpaired) electrons. The smallest absolute Gasteiger partial charge is 0.122 e. The molecule has 1 atom stereocenters. The second-order valence-corrected chi connectivity index (χ2v) is 5.86. The van der Waals surface area contributed by atoms with Gasteiger partial charge in [-0.3, -0.25) is 0 Å². The van der Waals surface area contributed by atoms with E-state index in [9.17, 15) is 0 Å². The third-order valence-corrected chi connectivity index (χ3v) is 4.69. The summed E-state index contributed by atoms with van der Waals surface area (Å²) in [4.78, 5) is 2.53. The van der Waals surface area contributed by atoms with Crippen LogP contribution in [-0.2, 0) is 0 Å². The number of piperidine rings is 1. The highest BCUT2D eigenvalue weighted by Crippen LogP contribution is 2.37. The average Bonchev–Trinajstić information content (AvgIpc) is 2.49. The number of aryl methyl sites for hydroxylation is 1. The van der Waals surface area contributed by atoms with Crippen LogP contribution in [-0.4, -0.2) is 38.2 Å². The molecule has 1 fully saturated rings. The van der Waals surface area contributed by atoms with E-state index in [1.165, 1.54) is 37.1 Å². The third-order valence-electron chi connectivity index (χ3n) is 4.69. The molecular formula is C17H28N2O. The number of likely N-dealkylation sites (tertiary alicyclic amines) is 1. The van der Waals surface area contributed by atoms with Crippen molar-refractivity contribution in [3.05, 3.63) is 29.3 Å². The zero-order valence-electron chi connectivity index (χ0n) is 13.1. The fourth-order valence-electron chi connectivity index (χ4n) is 3.39. The quantitative estimate of drug-likeness (QED) is 0.898. The largest absolute Gasteiger partial charge is 0.496 e. The van der Waals surface area contributed by atoms with Gasteiger partial charge in [-0.15, -0.1) is 0 Å². The monoisotopic (exact) mass is 276 g/mol. The van der Waals surface area contributed by atoms with Gasteiger partial charge in [-0.05, 0) is 63.5 Å². The molecule has 1 aliphatic heterocycles. The zero-order chi connectivity index (χ0) is 14.5. The summed E-state index contributed by atoms with van der Waals surface area (Å²) in [6.45, 7) is 8.64. The van der Waals surface area contributed by atoms with Gasteiger partial charge in [-0.2, -0.15) is 0 Å². The second-order valence-electron chi connectivity index (χ2n) is 5.86. The second kappa shape index (κ2) is 7.09. The molecule has 0 amide bonds. The number of nitrogens with zero attached hydrogens (tertiary/aromatic N) is 1. The predicted octanol–water partition coefficient (Wildman–Crippen LogP) is 2.78. The SMILES string of the molecule is CCN1CCC(C(CN)c2cc(C)ccc2OC)CC1. The van der Waals surface area contributed by atoms with E-state index in [1.807, 2.05) is 0 Å².